The van der Waals surface area contributed by atoms with Crippen molar-refractivity contribution in [2.75, 3.05) is 26.2 Å². The minimum atomic E-state index is -0.516. The average Bonchev–Trinajstić information content (AvgIpc) is 2.26. The van der Waals surface area contributed by atoms with Crippen molar-refractivity contribution < 1.29 is 14.3 Å². The van der Waals surface area contributed by atoms with E-state index in [9.17, 15) is 9.59 Å². The van der Waals surface area contributed by atoms with Crippen molar-refractivity contribution in [3.63, 3.8) is 0 Å². The Morgan fingerprint density at radius 2 is 1.56 bits per heavy atom. The fraction of sp³-hybridized carbons (Fsp3) is 0.833. The standard InChI is InChI=1S/C12H21ClN2O3/c1-9(13)10(16)14-5-7-15(8-6-14)11(17)18-12(2,3)4/h9H,5-8H2,1-4H3/t9-/m0/s1. The Morgan fingerprint density at radius 1 is 1.11 bits per heavy atom. The molecule has 0 bridgehead atoms. The van der Waals surface area contributed by atoms with E-state index in [1.54, 1.807) is 16.7 Å². The first kappa shape index (κ1) is 15.1. The molecule has 0 aromatic rings. The zero-order valence-corrected chi connectivity index (χ0v) is 12.2. The molecule has 1 aliphatic rings. The van der Waals surface area contributed by atoms with Crippen LogP contribution in [0.15, 0.2) is 0 Å². The molecule has 1 atom stereocenters. The molecule has 2 amide bonds. The Bertz CT molecular complexity index is 318. The molecule has 5 nitrogen and oxygen atoms in total. The molecule has 0 saturated carbocycles. The third kappa shape index (κ3) is 4.37. The number of hydrogen-bond donors (Lipinski definition) is 0. The molecule has 18 heavy (non-hydrogen) atoms. The summed E-state index contributed by atoms with van der Waals surface area (Å²) < 4.78 is 5.28. The van der Waals surface area contributed by atoms with Crippen molar-refractivity contribution in [1.82, 2.24) is 9.80 Å². The first-order chi connectivity index (χ1) is 8.20. The molecule has 0 spiro atoms. The van der Waals surface area contributed by atoms with Crippen molar-refractivity contribution in [1.29, 1.82) is 0 Å². The largest absolute Gasteiger partial charge is 0.444 e. The van der Waals surface area contributed by atoms with Crippen LogP contribution in [0.1, 0.15) is 27.7 Å². The zero-order valence-electron chi connectivity index (χ0n) is 11.4. The zero-order chi connectivity index (χ0) is 13.9. The summed E-state index contributed by atoms with van der Waals surface area (Å²) in [5.74, 6) is -0.0829. The molecule has 0 aromatic heterocycles. The van der Waals surface area contributed by atoms with E-state index in [-0.39, 0.29) is 12.0 Å². The van der Waals surface area contributed by atoms with Gasteiger partial charge in [-0.05, 0) is 27.7 Å². The number of carbonyl (C=O) groups excluding carboxylic acids is 2. The molecule has 6 heteroatoms. The van der Waals surface area contributed by atoms with Crippen LogP contribution in [-0.4, -0.2) is 59.0 Å². The van der Waals surface area contributed by atoms with Crippen LogP contribution >= 0.6 is 11.6 Å². The topological polar surface area (TPSA) is 49.9 Å². The van der Waals surface area contributed by atoms with E-state index in [1.807, 2.05) is 20.8 Å². The van der Waals surface area contributed by atoms with E-state index in [2.05, 4.69) is 0 Å². The SMILES string of the molecule is C[C@H](Cl)C(=O)N1CCN(C(=O)OC(C)(C)C)CC1. The predicted octanol–water partition coefficient (Wildman–Crippen LogP) is 1.69. The maximum atomic E-state index is 11.8. The highest BCUT2D eigenvalue weighted by atomic mass is 35.5. The number of ether oxygens (including phenoxy) is 1. The average molecular weight is 277 g/mol. The molecule has 0 unspecified atom stereocenters. The lowest BCUT2D eigenvalue weighted by Crippen LogP contribution is -2.52. The van der Waals surface area contributed by atoms with E-state index in [1.165, 1.54) is 0 Å². The minimum Gasteiger partial charge on any atom is -0.444 e. The highest BCUT2D eigenvalue weighted by molar-refractivity contribution is 6.30. The molecule has 104 valence electrons. The van der Waals surface area contributed by atoms with E-state index >= 15 is 0 Å². The smallest absolute Gasteiger partial charge is 0.410 e. The third-order valence-electron chi connectivity index (χ3n) is 2.58. The minimum absolute atomic E-state index is 0.0829. The molecule has 1 rings (SSSR count). The van der Waals surface area contributed by atoms with Gasteiger partial charge in [0.25, 0.3) is 0 Å². The van der Waals surface area contributed by atoms with Crippen LogP contribution in [0.25, 0.3) is 0 Å². The van der Waals surface area contributed by atoms with Crippen molar-refractivity contribution in [3.05, 3.63) is 0 Å². The summed E-state index contributed by atoms with van der Waals surface area (Å²) >= 11 is 5.75. The fourth-order valence-electron chi connectivity index (χ4n) is 1.69. The second-order valence-corrected chi connectivity index (χ2v) is 6.06. The molecule has 0 radical (unpaired) electrons. The van der Waals surface area contributed by atoms with Gasteiger partial charge in [-0.3, -0.25) is 4.79 Å². The summed E-state index contributed by atoms with van der Waals surface area (Å²) in [5.41, 5.74) is -0.491. The van der Waals surface area contributed by atoms with Gasteiger partial charge in [-0.15, -0.1) is 11.6 Å². The first-order valence-electron chi connectivity index (χ1n) is 6.11. The Morgan fingerprint density at radius 3 is 1.94 bits per heavy atom. The highest BCUT2D eigenvalue weighted by Crippen LogP contribution is 2.12. The van der Waals surface area contributed by atoms with Crippen LogP contribution in [0.5, 0.6) is 0 Å². The fourth-order valence-corrected chi connectivity index (χ4v) is 1.83. The van der Waals surface area contributed by atoms with Gasteiger partial charge in [0.1, 0.15) is 11.0 Å². The molecule has 0 aromatic carbocycles. The monoisotopic (exact) mass is 276 g/mol. The Kier molecular flexibility index (Phi) is 4.85. The van der Waals surface area contributed by atoms with Crippen LogP contribution < -0.4 is 0 Å². The van der Waals surface area contributed by atoms with Gasteiger partial charge < -0.3 is 14.5 Å². The Labute approximate surface area is 113 Å². The second kappa shape index (κ2) is 5.78. The summed E-state index contributed by atoms with van der Waals surface area (Å²) in [6, 6.07) is 0. The van der Waals surface area contributed by atoms with Gasteiger partial charge in [0.15, 0.2) is 0 Å². The van der Waals surface area contributed by atoms with Gasteiger partial charge in [0, 0.05) is 26.2 Å². The third-order valence-corrected chi connectivity index (χ3v) is 2.77. The molecule has 1 aliphatic heterocycles. The van der Waals surface area contributed by atoms with Gasteiger partial charge in [0.2, 0.25) is 5.91 Å². The number of nitrogens with zero attached hydrogens (tertiary/aromatic N) is 2. The highest BCUT2D eigenvalue weighted by Gasteiger charge is 2.28. The normalized spacial score (nSPS) is 18.5. The Balaban J connectivity index is 2.44. The summed E-state index contributed by atoms with van der Waals surface area (Å²) in [6.45, 7) is 9.16. The lowest BCUT2D eigenvalue weighted by Gasteiger charge is -2.36. The molecule has 1 fully saturated rings. The molecular weight excluding hydrogens is 256 g/mol. The molecule has 1 saturated heterocycles. The Hall–Kier alpha value is -0.970. The van der Waals surface area contributed by atoms with Gasteiger partial charge in [0.05, 0.1) is 0 Å². The maximum absolute atomic E-state index is 11.8. The number of amides is 2. The van der Waals surface area contributed by atoms with Crippen LogP contribution in [0, 0.1) is 0 Å². The van der Waals surface area contributed by atoms with Crippen molar-refractivity contribution >= 4 is 23.6 Å². The van der Waals surface area contributed by atoms with Gasteiger partial charge >= 0.3 is 6.09 Å². The summed E-state index contributed by atoms with van der Waals surface area (Å²) in [7, 11) is 0. The molecule has 0 N–H and O–H groups in total. The lowest BCUT2D eigenvalue weighted by atomic mass is 10.2. The van der Waals surface area contributed by atoms with E-state index < -0.39 is 11.0 Å². The first-order valence-corrected chi connectivity index (χ1v) is 6.55. The van der Waals surface area contributed by atoms with Crippen LogP contribution in [0.4, 0.5) is 4.79 Å². The van der Waals surface area contributed by atoms with Crippen LogP contribution in [0.2, 0.25) is 0 Å². The maximum Gasteiger partial charge on any atom is 0.410 e. The van der Waals surface area contributed by atoms with E-state index in [0.29, 0.717) is 26.2 Å². The van der Waals surface area contributed by atoms with E-state index in [4.69, 9.17) is 16.3 Å². The number of alkyl halides is 1. The lowest BCUT2D eigenvalue weighted by molar-refractivity contribution is -0.132. The number of rotatable bonds is 1. The predicted molar refractivity (Wildman–Crippen MR) is 69.7 cm³/mol. The van der Waals surface area contributed by atoms with Gasteiger partial charge in [-0.2, -0.15) is 0 Å². The summed E-state index contributed by atoms with van der Waals surface area (Å²) in [6.07, 6.45) is -0.325. The van der Waals surface area contributed by atoms with Crippen LogP contribution in [-0.2, 0) is 9.53 Å². The number of carbonyl (C=O) groups is 2. The molecule has 0 aliphatic carbocycles. The van der Waals surface area contributed by atoms with Gasteiger partial charge in [-0.1, -0.05) is 0 Å². The summed E-state index contributed by atoms with van der Waals surface area (Å²) in [5, 5.41) is -0.516. The molecule has 1 heterocycles. The second-order valence-electron chi connectivity index (χ2n) is 5.41. The van der Waals surface area contributed by atoms with Crippen molar-refractivity contribution in [2.45, 2.75) is 38.7 Å². The van der Waals surface area contributed by atoms with Crippen LogP contribution in [0.3, 0.4) is 0 Å². The molecular formula is C12H21ClN2O3. The quantitative estimate of drug-likeness (QED) is 0.685. The van der Waals surface area contributed by atoms with Crippen molar-refractivity contribution in [2.24, 2.45) is 0 Å². The van der Waals surface area contributed by atoms with E-state index in [0.717, 1.165) is 0 Å². The van der Waals surface area contributed by atoms with Gasteiger partial charge in [-0.25, -0.2) is 4.79 Å². The number of piperazine rings is 1. The number of hydrogen-bond acceptors (Lipinski definition) is 3. The summed E-state index contributed by atoms with van der Waals surface area (Å²) in [4.78, 5) is 26.8. The number of halogens is 1. The van der Waals surface area contributed by atoms with Crippen molar-refractivity contribution in [3.8, 4) is 0 Å².